The van der Waals surface area contributed by atoms with Crippen LogP contribution in [0.3, 0.4) is 0 Å². The maximum atomic E-state index is 13.0. The molecule has 0 aliphatic rings. The van der Waals surface area contributed by atoms with E-state index in [1.165, 1.54) is 161 Å². The van der Waals surface area contributed by atoms with Crippen LogP contribution < -0.4 is 0 Å². The summed E-state index contributed by atoms with van der Waals surface area (Å²) in [5, 5.41) is 10.6. The molecule has 0 aromatic heterocycles. The molecule has 2 unspecified atom stereocenters. The van der Waals surface area contributed by atoms with Crippen LogP contribution in [0.1, 0.15) is 350 Å². The monoisotopic (exact) mass is 1310 g/mol. The summed E-state index contributed by atoms with van der Waals surface area (Å²) in [4.78, 5) is 72.5. The number of hydrogen-bond acceptors (Lipinski definition) is 15. The first-order chi connectivity index (χ1) is 42.7. The van der Waals surface area contributed by atoms with Crippen molar-refractivity contribution in [3.05, 3.63) is 0 Å². The van der Waals surface area contributed by atoms with Gasteiger partial charge >= 0.3 is 39.5 Å². The highest BCUT2D eigenvalue weighted by Crippen LogP contribution is 2.45. The minimum atomic E-state index is -4.95. The Kier molecular flexibility index (Phi) is 59.6. The molecule has 0 aromatic rings. The minimum Gasteiger partial charge on any atom is -0.462 e. The summed E-state index contributed by atoms with van der Waals surface area (Å²) >= 11 is 0. The number of hydrogen-bond donors (Lipinski definition) is 3. The summed E-state index contributed by atoms with van der Waals surface area (Å²) in [6.07, 6.45) is 44.4. The maximum Gasteiger partial charge on any atom is 0.472 e. The molecule has 0 saturated heterocycles. The molecule has 19 heteroatoms. The molecule has 0 aromatic carbocycles. The highest BCUT2D eigenvalue weighted by atomic mass is 31.2. The SMILES string of the molecule is CCCCCCCCCCCCCCC(=O)O[C@H](COC(=O)CCCCCCCCCCC(C)C)COP(=O)(O)OC[C@H](O)COP(=O)(O)OC[C@@H](COC(=O)CCCCCCCCCCCC(C)C)OC(=O)CCCCCCCCCCCCCC(C)C. The first kappa shape index (κ1) is 87.1. The number of esters is 4. The predicted octanol–water partition coefficient (Wildman–Crippen LogP) is 19.8. The van der Waals surface area contributed by atoms with E-state index in [-0.39, 0.29) is 25.7 Å². The van der Waals surface area contributed by atoms with Crippen molar-refractivity contribution in [3.63, 3.8) is 0 Å². The van der Waals surface area contributed by atoms with Gasteiger partial charge in [0.25, 0.3) is 0 Å². The Morgan fingerprint density at radius 2 is 0.517 bits per heavy atom. The van der Waals surface area contributed by atoms with E-state index in [0.717, 1.165) is 108 Å². The number of aliphatic hydroxyl groups is 1. The average Bonchev–Trinajstić information content (AvgIpc) is 3.60. The first-order valence-corrected chi connectivity index (χ1v) is 39.3. The quantitative estimate of drug-likeness (QED) is 0.0222. The predicted molar refractivity (Wildman–Crippen MR) is 358 cm³/mol. The standard InChI is InChI=1S/C70H136O17P2/c1-8-9-10-11-12-13-14-17-22-32-39-46-53-69(74)87-66(58-81-68(73)52-45-38-31-26-25-29-36-43-50-63(6)7)60-85-89(78,79)83-56-64(71)55-82-88(76,77)84-59-65(57-80-67(72)51-44-37-30-24-19-21-28-35-42-49-62(4)5)86-70(75)54-47-40-33-23-18-15-16-20-27-34-41-48-61(2)3/h61-66,71H,8-60H2,1-7H3,(H,76,77)(H,78,79)/t64-,65-,66-/m1/s1. The number of carbonyl (C=O) groups excluding carboxylic acids is 4. The van der Waals surface area contributed by atoms with Crippen LogP contribution in [0.15, 0.2) is 0 Å². The summed E-state index contributed by atoms with van der Waals surface area (Å²) in [6, 6.07) is 0. The Balaban J connectivity index is 5.26. The lowest BCUT2D eigenvalue weighted by Crippen LogP contribution is -2.30. The molecule has 0 aliphatic carbocycles. The fourth-order valence-electron chi connectivity index (χ4n) is 10.5. The molecule has 5 atom stereocenters. The molecule has 17 nitrogen and oxygen atoms in total. The van der Waals surface area contributed by atoms with Crippen LogP contribution in [0.25, 0.3) is 0 Å². The second-order valence-corrected chi connectivity index (χ2v) is 29.6. The Hall–Kier alpha value is -1.94. The third-order valence-electron chi connectivity index (χ3n) is 16.1. The molecule has 0 rings (SSSR count). The van der Waals surface area contributed by atoms with Crippen LogP contribution in [-0.4, -0.2) is 96.7 Å². The minimum absolute atomic E-state index is 0.106. The van der Waals surface area contributed by atoms with E-state index in [0.29, 0.717) is 25.7 Å². The van der Waals surface area contributed by atoms with E-state index in [9.17, 15) is 43.2 Å². The third-order valence-corrected chi connectivity index (χ3v) is 18.0. The van der Waals surface area contributed by atoms with E-state index in [4.69, 9.17) is 37.0 Å². The van der Waals surface area contributed by atoms with Gasteiger partial charge in [0.1, 0.15) is 19.3 Å². The Morgan fingerprint density at radius 1 is 0.303 bits per heavy atom. The van der Waals surface area contributed by atoms with Crippen molar-refractivity contribution in [2.75, 3.05) is 39.6 Å². The van der Waals surface area contributed by atoms with Crippen molar-refractivity contribution < 1.29 is 80.2 Å². The number of phosphoric acid groups is 2. The number of phosphoric ester groups is 2. The fourth-order valence-corrected chi connectivity index (χ4v) is 12.1. The second-order valence-electron chi connectivity index (χ2n) is 26.7. The lowest BCUT2D eigenvalue weighted by atomic mass is 10.0. The van der Waals surface area contributed by atoms with E-state index < -0.39 is 97.5 Å². The number of aliphatic hydroxyl groups excluding tert-OH is 1. The van der Waals surface area contributed by atoms with E-state index >= 15 is 0 Å². The molecule has 89 heavy (non-hydrogen) atoms. The highest BCUT2D eigenvalue weighted by molar-refractivity contribution is 7.47. The van der Waals surface area contributed by atoms with Crippen molar-refractivity contribution in [2.45, 2.75) is 369 Å². The van der Waals surface area contributed by atoms with Gasteiger partial charge in [0.05, 0.1) is 26.4 Å². The van der Waals surface area contributed by atoms with Crippen molar-refractivity contribution in [1.82, 2.24) is 0 Å². The molecule has 0 aliphatic heterocycles. The molecular weight excluding hydrogens is 1170 g/mol. The number of ether oxygens (including phenoxy) is 4. The average molecular weight is 1310 g/mol. The van der Waals surface area contributed by atoms with Gasteiger partial charge in [-0.1, -0.05) is 299 Å². The summed E-state index contributed by atoms with van der Waals surface area (Å²) in [5.74, 6) is 0.110. The fraction of sp³-hybridized carbons (Fsp3) is 0.943. The lowest BCUT2D eigenvalue weighted by Gasteiger charge is -2.21. The van der Waals surface area contributed by atoms with E-state index in [2.05, 4.69) is 48.5 Å². The van der Waals surface area contributed by atoms with Crippen LogP contribution >= 0.6 is 15.6 Å². The van der Waals surface area contributed by atoms with Crippen LogP contribution in [0.5, 0.6) is 0 Å². The van der Waals surface area contributed by atoms with Crippen molar-refractivity contribution in [2.24, 2.45) is 17.8 Å². The zero-order chi connectivity index (χ0) is 65.9. The van der Waals surface area contributed by atoms with E-state index in [1.807, 2.05) is 0 Å². The molecular formula is C70H136O17P2. The number of rotatable bonds is 68. The van der Waals surface area contributed by atoms with Crippen molar-refractivity contribution in [1.29, 1.82) is 0 Å². The Morgan fingerprint density at radius 3 is 0.764 bits per heavy atom. The van der Waals surface area contributed by atoms with Gasteiger partial charge in [-0.25, -0.2) is 9.13 Å². The Bertz CT molecular complexity index is 1750. The molecule has 528 valence electrons. The van der Waals surface area contributed by atoms with Gasteiger partial charge in [-0.3, -0.25) is 37.3 Å². The zero-order valence-electron chi connectivity index (χ0n) is 57.9. The van der Waals surface area contributed by atoms with Gasteiger partial charge in [-0.15, -0.1) is 0 Å². The molecule has 3 N–H and O–H groups in total. The molecule has 0 spiro atoms. The van der Waals surface area contributed by atoms with Gasteiger partial charge in [-0.2, -0.15) is 0 Å². The molecule has 0 fully saturated rings. The molecule has 0 radical (unpaired) electrons. The summed E-state index contributed by atoms with van der Waals surface area (Å²) in [7, 11) is -9.90. The summed E-state index contributed by atoms with van der Waals surface area (Å²) in [6.45, 7) is 11.8. The topological polar surface area (TPSA) is 237 Å². The highest BCUT2D eigenvalue weighted by Gasteiger charge is 2.30. The van der Waals surface area contributed by atoms with Crippen molar-refractivity contribution in [3.8, 4) is 0 Å². The second kappa shape index (κ2) is 61.0. The smallest absolute Gasteiger partial charge is 0.462 e. The van der Waals surface area contributed by atoms with Crippen LogP contribution in [0.4, 0.5) is 0 Å². The molecule has 0 amide bonds. The number of carbonyl (C=O) groups is 4. The molecule has 0 heterocycles. The molecule has 0 saturated carbocycles. The largest absolute Gasteiger partial charge is 0.472 e. The Labute approximate surface area is 543 Å². The number of unbranched alkanes of at least 4 members (excludes halogenated alkanes) is 36. The third kappa shape index (κ3) is 64.6. The van der Waals surface area contributed by atoms with Gasteiger partial charge in [0.2, 0.25) is 0 Å². The zero-order valence-corrected chi connectivity index (χ0v) is 59.7. The molecule has 0 bridgehead atoms. The van der Waals surface area contributed by atoms with Crippen LogP contribution in [0, 0.1) is 17.8 Å². The van der Waals surface area contributed by atoms with Gasteiger partial charge in [-0.05, 0) is 43.4 Å². The van der Waals surface area contributed by atoms with Crippen LogP contribution in [-0.2, 0) is 65.4 Å². The van der Waals surface area contributed by atoms with Gasteiger partial charge in [0, 0.05) is 25.7 Å². The van der Waals surface area contributed by atoms with Crippen molar-refractivity contribution >= 4 is 39.5 Å². The lowest BCUT2D eigenvalue weighted by molar-refractivity contribution is -0.161. The maximum absolute atomic E-state index is 13.0. The van der Waals surface area contributed by atoms with Gasteiger partial charge < -0.3 is 33.8 Å². The first-order valence-electron chi connectivity index (χ1n) is 36.3. The summed E-state index contributed by atoms with van der Waals surface area (Å²) < 4.78 is 68.3. The van der Waals surface area contributed by atoms with E-state index in [1.54, 1.807) is 0 Å². The summed E-state index contributed by atoms with van der Waals surface area (Å²) in [5.41, 5.74) is 0. The van der Waals surface area contributed by atoms with Crippen LogP contribution in [0.2, 0.25) is 0 Å². The van der Waals surface area contributed by atoms with Gasteiger partial charge in [0.15, 0.2) is 12.2 Å². The normalized spacial score (nSPS) is 14.2.